The van der Waals surface area contributed by atoms with Gasteiger partial charge in [-0.15, -0.1) is 0 Å². The van der Waals surface area contributed by atoms with Gasteiger partial charge in [-0.1, -0.05) is 23.8 Å². The van der Waals surface area contributed by atoms with Crippen LogP contribution in [-0.2, 0) is 0 Å². The summed E-state index contributed by atoms with van der Waals surface area (Å²) in [5, 5.41) is 0. The molecule has 0 aromatic carbocycles. The molecule has 0 saturated heterocycles. The van der Waals surface area contributed by atoms with E-state index in [0.717, 1.165) is 13.0 Å². The maximum atomic E-state index is 5.44. The highest BCUT2D eigenvalue weighted by Crippen LogP contribution is 2.17. The van der Waals surface area contributed by atoms with Gasteiger partial charge in [0.15, 0.2) is 0 Å². The number of nitrogens with two attached hydrogens (primary N) is 1. The molecule has 2 N–H and O–H groups in total. The summed E-state index contributed by atoms with van der Waals surface area (Å²) >= 11 is 0. The van der Waals surface area contributed by atoms with E-state index >= 15 is 0 Å². The number of allylic oxidation sites excluding steroid dienone is 4. The fourth-order valence-corrected chi connectivity index (χ4v) is 1.20. The van der Waals surface area contributed by atoms with Crippen LogP contribution in [0.3, 0.4) is 0 Å². The van der Waals surface area contributed by atoms with Crippen LogP contribution < -0.4 is 5.73 Å². The predicted octanol–water partition coefficient (Wildman–Crippen LogP) is 1.86. The minimum absolute atomic E-state index is 0.702. The molecule has 1 aliphatic carbocycles. The first-order valence-electron chi connectivity index (χ1n) is 3.88. The van der Waals surface area contributed by atoms with Crippen molar-refractivity contribution in [3.05, 3.63) is 23.8 Å². The maximum absolute atomic E-state index is 5.44. The van der Waals surface area contributed by atoms with Gasteiger partial charge in [0, 0.05) is 0 Å². The van der Waals surface area contributed by atoms with Gasteiger partial charge in [-0.25, -0.2) is 0 Å². The molecule has 0 unspecified atom stereocenters. The van der Waals surface area contributed by atoms with Gasteiger partial charge in [0.1, 0.15) is 0 Å². The first-order chi connectivity index (χ1) is 4.83. The lowest BCUT2D eigenvalue weighted by Crippen LogP contribution is -2.07. The number of hydrogen-bond acceptors (Lipinski definition) is 1. The average molecular weight is 137 g/mol. The molecule has 1 rings (SSSR count). The summed E-state index contributed by atoms with van der Waals surface area (Å²) in [4.78, 5) is 0. The Morgan fingerprint density at radius 1 is 1.70 bits per heavy atom. The molecule has 1 heteroatoms. The van der Waals surface area contributed by atoms with Crippen molar-refractivity contribution in [3.8, 4) is 0 Å². The largest absolute Gasteiger partial charge is 0.330 e. The van der Waals surface area contributed by atoms with Crippen LogP contribution in [0.5, 0.6) is 0 Å². The third kappa shape index (κ3) is 1.99. The van der Waals surface area contributed by atoms with Gasteiger partial charge < -0.3 is 5.73 Å². The van der Waals surface area contributed by atoms with Gasteiger partial charge in [0.25, 0.3) is 0 Å². The Morgan fingerprint density at radius 2 is 2.50 bits per heavy atom. The summed E-state index contributed by atoms with van der Waals surface area (Å²) in [6.07, 6.45) is 9.03. The first-order valence-corrected chi connectivity index (χ1v) is 3.88. The molecule has 0 aromatic rings. The maximum Gasteiger partial charge on any atom is -0.00715 e. The topological polar surface area (TPSA) is 26.0 Å². The zero-order chi connectivity index (χ0) is 7.40. The van der Waals surface area contributed by atoms with E-state index in [0.29, 0.717) is 5.92 Å². The minimum atomic E-state index is 0.702. The van der Waals surface area contributed by atoms with Crippen LogP contribution in [-0.4, -0.2) is 6.54 Å². The van der Waals surface area contributed by atoms with Gasteiger partial charge in [0.05, 0.1) is 0 Å². The molecule has 0 aliphatic heterocycles. The van der Waals surface area contributed by atoms with E-state index in [1.807, 2.05) is 0 Å². The molecular formula is C9H15N. The molecule has 0 saturated carbocycles. The van der Waals surface area contributed by atoms with Crippen molar-refractivity contribution in [1.82, 2.24) is 0 Å². The second-order valence-electron chi connectivity index (χ2n) is 2.88. The molecular weight excluding hydrogens is 122 g/mol. The van der Waals surface area contributed by atoms with Crippen molar-refractivity contribution in [1.29, 1.82) is 0 Å². The Bertz CT molecular complexity index is 156. The Labute approximate surface area is 62.6 Å². The van der Waals surface area contributed by atoms with E-state index in [2.05, 4.69) is 25.2 Å². The number of rotatable bonds is 2. The van der Waals surface area contributed by atoms with Crippen LogP contribution in [0, 0.1) is 5.92 Å². The van der Waals surface area contributed by atoms with E-state index in [9.17, 15) is 0 Å². The van der Waals surface area contributed by atoms with Crippen molar-refractivity contribution < 1.29 is 0 Å². The zero-order valence-corrected chi connectivity index (χ0v) is 6.51. The first kappa shape index (κ1) is 7.55. The van der Waals surface area contributed by atoms with Gasteiger partial charge in [-0.3, -0.25) is 0 Å². The third-order valence-electron chi connectivity index (χ3n) is 1.91. The molecule has 0 heterocycles. The summed E-state index contributed by atoms with van der Waals surface area (Å²) in [5.41, 5.74) is 6.82. The number of hydrogen-bond donors (Lipinski definition) is 1. The van der Waals surface area contributed by atoms with E-state index in [1.165, 1.54) is 12.0 Å². The highest BCUT2D eigenvalue weighted by Gasteiger charge is 2.04. The Balaban J connectivity index is 2.37. The minimum Gasteiger partial charge on any atom is -0.330 e. The fraction of sp³-hybridized carbons (Fsp3) is 0.556. The Morgan fingerprint density at radius 3 is 3.00 bits per heavy atom. The summed E-state index contributed by atoms with van der Waals surface area (Å²) in [7, 11) is 0. The molecule has 1 nitrogen and oxygen atoms in total. The smallest absolute Gasteiger partial charge is 0.00715 e. The summed E-state index contributed by atoms with van der Waals surface area (Å²) < 4.78 is 0. The third-order valence-corrected chi connectivity index (χ3v) is 1.91. The van der Waals surface area contributed by atoms with Crippen LogP contribution in [0.15, 0.2) is 23.8 Å². The Hall–Kier alpha value is -0.560. The molecule has 0 radical (unpaired) electrons. The quantitative estimate of drug-likeness (QED) is 0.617. The van der Waals surface area contributed by atoms with Crippen molar-refractivity contribution in [2.75, 3.05) is 6.54 Å². The molecule has 10 heavy (non-hydrogen) atoms. The molecule has 0 spiro atoms. The van der Waals surface area contributed by atoms with Crippen molar-refractivity contribution in [2.24, 2.45) is 11.7 Å². The molecule has 0 aromatic heterocycles. The van der Waals surface area contributed by atoms with E-state index in [-0.39, 0.29) is 0 Å². The lowest BCUT2D eigenvalue weighted by atomic mass is 9.95. The van der Waals surface area contributed by atoms with Crippen LogP contribution in [0.2, 0.25) is 0 Å². The average Bonchev–Trinajstić information content (AvgIpc) is 1.95. The molecule has 0 fully saturated rings. The SMILES string of the molecule is CC1=CC[C@@H](CCN)C=C1. The van der Waals surface area contributed by atoms with Crippen molar-refractivity contribution >= 4 is 0 Å². The van der Waals surface area contributed by atoms with Gasteiger partial charge in [-0.2, -0.15) is 0 Å². The molecule has 0 bridgehead atoms. The Kier molecular flexibility index (Phi) is 2.69. The second kappa shape index (κ2) is 3.57. The van der Waals surface area contributed by atoms with Crippen molar-refractivity contribution in [3.63, 3.8) is 0 Å². The standard InChI is InChI=1S/C9H15N/c1-8-2-4-9(5-3-8)6-7-10/h2-4,9H,5-7,10H2,1H3/t9-/m0/s1. The molecule has 1 atom stereocenters. The van der Waals surface area contributed by atoms with E-state index < -0.39 is 0 Å². The van der Waals surface area contributed by atoms with Crippen molar-refractivity contribution in [2.45, 2.75) is 19.8 Å². The van der Waals surface area contributed by atoms with E-state index in [1.54, 1.807) is 0 Å². The summed E-state index contributed by atoms with van der Waals surface area (Å²) in [6.45, 7) is 2.94. The molecule has 1 aliphatic rings. The lowest BCUT2D eigenvalue weighted by Gasteiger charge is -2.12. The highest BCUT2D eigenvalue weighted by atomic mass is 14.5. The summed E-state index contributed by atoms with van der Waals surface area (Å²) in [5.74, 6) is 0.702. The zero-order valence-electron chi connectivity index (χ0n) is 6.51. The van der Waals surface area contributed by atoms with E-state index in [4.69, 9.17) is 5.73 Å². The fourth-order valence-electron chi connectivity index (χ4n) is 1.20. The second-order valence-corrected chi connectivity index (χ2v) is 2.88. The predicted molar refractivity (Wildman–Crippen MR) is 44.7 cm³/mol. The van der Waals surface area contributed by atoms with Gasteiger partial charge >= 0.3 is 0 Å². The highest BCUT2D eigenvalue weighted by molar-refractivity contribution is 5.21. The summed E-state index contributed by atoms with van der Waals surface area (Å²) in [6, 6.07) is 0. The monoisotopic (exact) mass is 137 g/mol. The van der Waals surface area contributed by atoms with Crippen LogP contribution in [0.25, 0.3) is 0 Å². The molecule has 56 valence electrons. The van der Waals surface area contributed by atoms with Crippen LogP contribution >= 0.6 is 0 Å². The van der Waals surface area contributed by atoms with Gasteiger partial charge in [0.2, 0.25) is 0 Å². The van der Waals surface area contributed by atoms with Crippen LogP contribution in [0.1, 0.15) is 19.8 Å². The van der Waals surface area contributed by atoms with Gasteiger partial charge in [-0.05, 0) is 32.2 Å². The lowest BCUT2D eigenvalue weighted by molar-refractivity contribution is 0.601. The van der Waals surface area contributed by atoms with Crippen LogP contribution in [0.4, 0.5) is 0 Å². The normalized spacial score (nSPS) is 24.6. The molecule has 0 amide bonds.